The number of thioether (sulfide) groups is 2. The van der Waals surface area contributed by atoms with Crippen LogP contribution >= 0.6 is 23.5 Å². The first-order chi connectivity index (χ1) is 14.6. The van der Waals surface area contributed by atoms with Crippen molar-refractivity contribution in [2.75, 3.05) is 28.4 Å². The van der Waals surface area contributed by atoms with Crippen molar-refractivity contribution in [1.29, 1.82) is 0 Å². The van der Waals surface area contributed by atoms with Crippen molar-refractivity contribution in [3.63, 3.8) is 0 Å². The number of nitrogen functional groups attached to an aromatic ring is 1. The summed E-state index contributed by atoms with van der Waals surface area (Å²) in [4.78, 5) is 26.1. The van der Waals surface area contributed by atoms with E-state index in [0.717, 1.165) is 28.3 Å². The summed E-state index contributed by atoms with van der Waals surface area (Å²) in [5.74, 6) is 1.75. The number of carbonyl (C=O) groups excluding carboxylic acids is 1. The zero-order valence-corrected chi connectivity index (χ0v) is 18.5. The highest BCUT2D eigenvalue weighted by Gasteiger charge is 2.09. The molecule has 0 spiro atoms. The van der Waals surface area contributed by atoms with Gasteiger partial charge in [-0.2, -0.15) is 15.0 Å². The average molecular weight is 441 g/mol. The Bertz CT molecular complexity index is 1010. The number of aromatic nitrogens is 3. The molecule has 0 aliphatic rings. The van der Waals surface area contributed by atoms with Crippen LogP contribution in [0.15, 0.2) is 53.4 Å². The third kappa shape index (κ3) is 6.36. The van der Waals surface area contributed by atoms with Gasteiger partial charge in [0.25, 0.3) is 0 Å². The Labute approximate surface area is 184 Å². The van der Waals surface area contributed by atoms with Gasteiger partial charge >= 0.3 is 0 Å². The molecule has 0 saturated carbocycles. The Morgan fingerprint density at radius 1 is 1.10 bits per heavy atom. The number of nitrogens with one attached hydrogen (secondary N) is 2. The molecule has 0 aliphatic heterocycles. The number of aryl methyl sites for hydroxylation is 1. The molecule has 30 heavy (non-hydrogen) atoms. The van der Waals surface area contributed by atoms with E-state index in [1.165, 1.54) is 11.8 Å². The van der Waals surface area contributed by atoms with Crippen molar-refractivity contribution in [2.45, 2.75) is 24.0 Å². The molecule has 0 radical (unpaired) electrons. The molecule has 0 aliphatic carbocycles. The van der Waals surface area contributed by atoms with Crippen LogP contribution in [0.25, 0.3) is 0 Å². The Morgan fingerprint density at radius 3 is 2.73 bits per heavy atom. The Kier molecular flexibility index (Phi) is 7.92. The maximum Gasteiger partial charge on any atom is 0.234 e. The van der Waals surface area contributed by atoms with Gasteiger partial charge in [-0.25, -0.2) is 0 Å². The summed E-state index contributed by atoms with van der Waals surface area (Å²) in [6.45, 7) is 2.09. The third-order valence-corrected chi connectivity index (χ3v) is 5.82. The first-order valence-electron chi connectivity index (χ1n) is 9.44. The zero-order valence-electron chi connectivity index (χ0n) is 16.9. The summed E-state index contributed by atoms with van der Waals surface area (Å²) in [6, 6.07) is 15.7. The number of benzene rings is 2. The van der Waals surface area contributed by atoms with E-state index in [2.05, 4.69) is 38.6 Å². The predicted molar refractivity (Wildman–Crippen MR) is 126 cm³/mol. The Hall–Kier alpha value is -2.78. The number of amides is 1. The lowest BCUT2D eigenvalue weighted by atomic mass is 10.1. The van der Waals surface area contributed by atoms with Gasteiger partial charge in [-0.3, -0.25) is 4.79 Å². The number of carbonyl (C=O) groups is 1. The van der Waals surface area contributed by atoms with Crippen LogP contribution in [-0.2, 0) is 17.0 Å². The molecule has 1 aromatic heterocycles. The minimum Gasteiger partial charge on any atom is -0.368 e. The molecule has 1 amide bonds. The molecular formula is C21H24N6OS2. The molecule has 3 rings (SSSR count). The van der Waals surface area contributed by atoms with E-state index in [4.69, 9.17) is 5.73 Å². The quantitative estimate of drug-likeness (QED) is 0.422. The summed E-state index contributed by atoms with van der Waals surface area (Å²) in [5, 5.41) is 6.12. The van der Waals surface area contributed by atoms with Crippen molar-refractivity contribution in [3.8, 4) is 0 Å². The van der Waals surface area contributed by atoms with Crippen LogP contribution in [0.4, 0.5) is 23.3 Å². The standard InChI is InChI=1S/C21H24N6OS2/c1-3-14-7-4-5-10-17(14)24-21-26-18(25-20(22)27-21)12-30-13-19(28)23-15-8-6-9-16(11-15)29-2/h4-11H,3,12-13H2,1-2H3,(H,23,28)(H3,22,24,25,26,27). The lowest BCUT2D eigenvalue weighted by Crippen LogP contribution is -2.14. The Balaban J connectivity index is 1.57. The molecule has 4 N–H and O–H groups in total. The number of anilines is 4. The minimum atomic E-state index is -0.0736. The molecule has 0 fully saturated rings. The van der Waals surface area contributed by atoms with Crippen LogP contribution in [0.2, 0.25) is 0 Å². The third-order valence-electron chi connectivity index (χ3n) is 4.16. The second kappa shape index (κ2) is 10.8. The van der Waals surface area contributed by atoms with E-state index >= 15 is 0 Å². The van der Waals surface area contributed by atoms with Crippen LogP contribution in [0.5, 0.6) is 0 Å². The highest BCUT2D eigenvalue weighted by molar-refractivity contribution is 7.99. The van der Waals surface area contributed by atoms with Gasteiger partial charge in [-0.15, -0.1) is 23.5 Å². The zero-order chi connectivity index (χ0) is 21.3. The maximum absolute atomic E-state index is 12.2. The highest BCUT2D eigenvalue weighted by atomic mass is 32.2. The fourth-order valence-electron chi connectivity index (χ4n) is 2.76. The number of hydrogen-bond donors (Lipinski definition) is 3. The molecule has 0 unspecified atom stereocenters. The van der Waals surface area contributed by atoms with E-state index < -0.39 is 0 Å². The van der Waals surface area contributed by atoms with E-state index in [-0.39, 0.29) is 17.6 Å². The normalized spacial score (nSPS) is 10.6. The second-order valence-corrected chi connectivity index (χ2v) is 8.21. The molecule has 2 aromatic carbocycles. The average Bonchev–Trinajstić information content (AvgIpc) is 2.74. The maximum atomic E-state index is 12.2. The van der Waals surface area contributed by atoms with Crippen LogP contribution in [-0.4, -0.2) is 32.9 Å². The number of nitrogens with zero attached hydrogens (tertiary/aromatic N) is 3. The fraction of sp³-hybridized carbons (Fsp3) is 0.238. The lowest BCUT2D eigenvalue weighted by molar-refractivity contribution is -0.113. The topological polar surface area (TPSA) is 106 Å². The van der Waals surface area contributed by atoms with Gasteiger partial charge in [0.15, 0.2) is 0 Å². The van der Waals surface area contributed by atoms with Gasteiger partial charge in [0.2, 0.25) is 17.8 Å². The first-order valence-corrected chi connectivity index (χ1v) is 11.8. The molecule has 7 nitrogen and oxygen atoms in total. The monoisotopic (exact) mass is 440 g/mol. The van der Waals surface area contributed by atoms with Crippen molar-refractivity contribution in [3.05, 3.63) is 59.9 Å². The van der Waals surface area contributed by atoms with Gasteiger partial charge in [-0.1, -0.05) is 31.2 Å². The summed E-state index contributed by atoms with van der Waals surface area (Å²) in [7, 11) is 0. The SMILES string of the molecule is CCc1ccccc1Nc1nc(N)nc(CSCC(=O)Nc2cccc(SC)c2)n1. The number of rotatable bonds is 9. The van der Waals surface area contributed by atoms with Crippen molar-refractivity contribution >= 4 is 52.7 Å². The van der Waals surface area contributed by atoms with E-state index in [1.807, 2.05) is 48.7 Å². The van der Waals surface area contributed by atoms with Crippen LogP contribution in [0.1, 0.15) is 18.3 Å². The molecular weight excluding hydrogens is 416 g/mol. The highest BCUT2D eigenvalue weighted by Crippen LogP contribution is 2.21. The fourth-order valence-corrected chi connectivity index (χ4v) is 3.89. The van der Waals surface area contributed by atoms with E-state index in [9.17, 15) is 4.79 Å². The predicted octanol–water partition coefficient (Wildman–Crippen LogP) is 4.35. The molecule has 0 saturated heterocycles. The Morgan fingerprint density at radius 2 is 1.93 bits per heavy atom. The van der Waals surface area contributed by atoms with E-state index in [0.29, 0.717) is 17.5 Å². The molecule has 3 aromatic rings. The second-order valence-electron chi connectivity index (χ2n) is 6.34. The number of hydrogen-bond acceptors (Lipinski definition) is 8. The van der Waals surface area contributed by atoms with Crippen LogP contribution in [0, 0.1) is 0 Å². The van der Waals surface area contributed by atoms with Crippen molar-refractivity contribution in [2.24, 2.45) is 0 Å². The smallest absolute Gasteiger partial charge is 0.234 e. The van der Waals surface area contributed by atoms with Gasteiger partial charge < -0.3 is 16.4 Å². The van der Waals surface area contributed by atoms with Crippen molar-refractivity contribution in [1.82, 2.24) is 15.0 Å². The van der Waals surface area contributed by atoms with E-state index in [1.54, 1.807) is 11.8 Å². The summed E-state index contributed by atoms with van der Waals surface area (Å²) >= 11 is 3.06. The molecule has 0 atom stereocenters. The molecule has 9 heteroatoms. The summed E-state index contributed by atoms with van der Waals surface area (Å²) in [6.07, 6.45) is 2.89. The van der Waals surface area contributed by atoms with Gasteiger partial charge in [-0.05, 0) is 42.5 Å². The summed E-state index contributed by atoms with van der Waals surface area (Å²) < 4.78 is 0. The summed E-state index contributed by atoms with van der Waals surface area (Å²) in [5.41, 5.74) is 8.74. The van der Waals surface area contributed by atoms with Gasteiger partial charge in [0.05, 0.1) is 11.5 Å². The van der Waals surface area contributed by atoms with Crippen LogP contribution in [0.3, 0.4) is 0 Å². The minimum absolute atomic E-state index is 0.0736. The number of nitrogens with two attached hydrogens (primary N) is 1. The van der Waals surface area contributed by atoms with Crippen molar-refractivity contribution < 1.29 is 4.79 Å². The van der Waals surface area contributed by atoms with Gasteiger partial charge in [0.1, 0.15) is 5.82 Å². The molecule has 0 bridgehead atoms. The van der Waals surface area contributed by atoms with Crippen LogP contribution < -0.4 is 16.4 Å². The molecule has 1 heterocycles. The van der Waals surface area contributed by atoms with Gasteiger partial charge in [0, 0.05) is 16.3 Å². The number of para-hydroxylation sites is 1. The molecule has 156 valence electrons. The first kappa shape index (κ1) is 21.9. The largest absolute Gasteiger partial charge is 0.368 e. The lowest BCUT2D eigenvalue weighted by Gasteiger charge is -2.10.